The second kappa shape index (κ2) is 12.0. The van der Waals surface area contributed by atoms with E-state index in [-0.39, 0.29) is 5.75 Å². The smallest absolute Gasteiger partial charge is 0.191 e. The highest BCUT2D eigenvalue weighted by atomic mass is 32.2. The van der Waals surface area contributed by atoms with Crippen molar-refractivity contribution >= 4 is 15.8 Å². The van der Waals surface area contributed by atoms with Crippen molar-refractivity contribution in [3.05, 3.63) is 60.7 Å². The first-order valence-electron chi connectivity index (χ1n) is 9.59. The van der Waals surface area contributed by atoms with Crippen molar-refractivity contribution in [1.29, 1.82) is 0 Å². The van der Waals surface area contributed by atoms with Crippen LogP contribution in [0, 0.1) is 0 Å². The Hall–Kier alpha value is -2.54. The van der Waals surface area contributed by atoms with E-state index in [1.165, 1.54) is 0 Å². The number of aliphatic imine (C=N–C) groups is 1. The highest BCUT2D eigenvalue weighted by Crippen LogP contribution is 2.10. The van der Waals surface area contributed by atoms with Crippen molar-refractivity contribution in [2.45, 2.75) is 24.7 Å². The normalized spacial score (nSPS) is 11.8. The fourth-order valence-corrected chi connectivity index (χ4v) is 3.85. The van der Waals surface area contributed by atoms with Crippen LogP contribution in [-0.2, 0) is 9.84 Å². The quantitative estimate of drug-likeness (QED) is 0.343. The monoisotopic (exact) mass is 403 g/mol. The number of guanidine groups is 1. The summed E-state index contributed by atoms with van der Waals surface area (Å²) in [6.07, 6.45) is 1.31. The van der Waals surface area contributed by atoms with E-state index in [1.807, 2.05) is 43.3 Å². The average Bonchev–Trinajstić information content (AvgIpc) is 2.72. The Bertz CT molecular complexity index is 809. The number of nitrogens with one attached hydrogen (secondary N) is 2. The second-order valence-corrected chi connectivity index (χ2v) is 8.30. The number of sulfone groups is 1. The topological polar surface area (TPSA) is 79.8 Å². The van der Waals surface area contributed by atoms with Gasteiger partial charge in [-0.15, -0.1) is 0 Å². The summed E-state index contributed by atoms with van der Waals surface area (Å²) in [6, 6.07) is 18.2. The molecule has 0 heterocycles. The van der Waals surface area contributed by atoms with E-state index in [2.05, 4.69) is 15.6 Å². The third-order valence-corrected chi connectivity index (χ3v) is 5.73. The van der Waals surface area contributed by atoms with Crippen molar-refractivity contribution in [2.75, 3.05) is 32.0 Å². The molecule has 0 saturated carbocycles. The van der Waals surface area contributed by atoms with Crippen LogP contribution in [0.2, 0.25) is 0 Å². The molecule has 0 aromatic heterocycles. The Morgan fingerprint density at radius 3 is 2.32 bits per heavy atom. The molecule has 0 radical (unpaired) electrons. The standard InChI is InChI=1S/C21H29N3O3S/c1-2-22-21(23-15-9-17-27-19-11-5-3-6-12-19)24-16-10-18-28(25,26)20-13-7-4-8-14-20/h3-8,11-14H,2,9-10,15-18H2,1H3,(H2,22,23,24). The summed E-state index contributed by atoms with van der Waals surface area (Å²) in [5.74, 6) is 1.66. The SMILES string of the molecule is CCNC(=NCCCOc1ccccc1)NCCCS(=O)(=O)c1ccccc1. The maximum Gasteiger partial charge on any atom is 0.191 e. The molecular formula is C21H29N3O3S. The van der Waals surface area contributed by atoms with Gasteiger partial charge in [0.15, 0.2) is 15.8 Å². The summed E-state index contributed by atoms with van der Waals surface area (Å²) in [5, 5.41) is 6.36. The van der Waals surface area contributed by atoms with Gasteiger partial charge in [0, 0.05) is 26.1 Å². The van der Waals surface area contributed by atoms with Gasteiger partial charge in [0.2, 0.25) is 0 Å². The maximum absolute atomic E-state index is 12.3. The van der Waals surface area contributed by atoms with Crippen LogP contribution in [0.3, 0.4) is 0 Å². The Kier molecular flexibility index (Phi) is 9.34. The first kappa shape index (κ1) is 21.8. The molecule has 0 fully saturated rings. The molecule has 0 saturated heterocycles. The van der Waals surface area contributed by atoms with E-state index >= 15 is 0 Å². The fraction of sp³-hybridized carbons (Fsp3) is 0.381. The predicted octanol–water partition coefficient (Wildman–Crippen LogP) is 2.87. The largest absolute Gasteiger partial charge is 0.494 e. The number of rotatable bonds is 11. The Labute approximate surface area is 168 Å². The van der Waals surface area contributed by atoms with Gasteiger partial charge >= 0.3 is 0 Å². The maximum atomic E-state index is 12.3. The summed E-state index contributed by atoms with van der Waals surface area (Å²) in [6.45, 7) is 4.51. The number of para-hydroxylation sites is 1. The van der Waals surface area contributed by atoms with Crippen molar-refractivity contribution in [1.82, 2.24) is 10.6 Å². The zero-order valence-electron chi connectivity index (χ0n) is 16.3. The summed E-state index contributed by atoms with van der Waals surface area (Å²) < 4.78 is 30.2. The van der Waals surface area contributed by atoms with Gasteiger partial charge in [-0.25, -0.2) is 8.42 Å². The molecule has 0 amide bonds. The summed E-state index contributed by atoms with van der Waals surface area (Å²) in [4.78, 5) is 4.87. The Morgan fingerprint density at radius 1 is 0.964 bits per heavy atom. The molecule has 2 N–H and O–H groups in total. The summed E-state index contributed by atoms with van der Waals surface area (Å²) in [5.41, 5.74) is 0. The zero-order chi connectivity index (χ0) is 20.1. The van der Waals surface area contributed by atoms with Crippen molar-refractivity contribution < 1.29 is 13.2 Å². The van der Waals surface area contributed by atoms with Gasteiger partial charge in [0.05, 0.1) is 17.3 Å². The Balaban J connectivity index is 1.69. The van der Waals surface area contributed by atoms with E-state index < -0.39 is 9.84 Å². The molecule has 0 bridgehead atoms. The van der Waals surface area contributed by atoms with Crippen LogP contribution in [-0.4, -0.2) is 46.4 Å². The minimum absolute atomic E-state index is 0.105. The highest BCUT2D eigenvalue weighted by Gasteiger charge is 2.13. The molecule has 7 heteroatoms. The van der Waals surface area contributed by atoms with Crippen LogP contribution in [0.1, 0.15) is 19.8 Å². The van der Waals surface area contributed by atoms with Gasteiger partial charge in [0.25, 0.3) is 0 Å². The van der Waals surface area contributed by atoms with Crippen molar-refractivity contribution in [3.63, 3.8) is 0 Å². The molecule has 152 valence electrons. The predicted molar refractivity (Wildman–Crippen MR) is 114 cm³/mol. The lowest BCUT2D eigenvalue weighted by Gasteiger charge is -2.11. The second-order valence-electron chi connectivity index (χ2n) is 6.19. The minimum Gasteiger partial charge on any atom is -0.494 e. The number of hydrogen-bond acceptors (Lipinski definition) is 4. The minimum atomic E-state index is -3.24. The molecule has 2 aromatic rings. The van der Waals surface area contributed by atoms with Crippen LogP contribution in [0.4, 0.5) is 0 Å². The Morgan fingerprint density at radius 2 is 1.64 bits per heavy atom. The lowest BCUT2D eigenvalue weighted by molar-refractivity contribution is 0.313. The zero-order valence-corrected chi connectivity index (χ0v) is 17.1. The van der Waals surface area contributed by atoms with Gasteiger partial charge in [-0.2, -0.15) is 0 Å². The van der Waals surface area contributed by atoms with Crippen LogP contribution < -0.4 is 15.4 Å². The summed E-state index contributed by atoms with van der Waals surface area (Å²) >= 11 is 0. The average molecular weight is 404 g/mol. The molecule has 2 rings (SSSR count). The van der Waals surface area contributed by atoms with Crippen molar-refractivity contribution in [3.8, 4) is 5.75 Å². The molecule has 0 unspecified atom stereocenters. The summed E-state index contributed by atoms with van der Waals surface area (Å²) in [7, 11) is -3.24. The van der Waals surface area contributed by atoms with Crippen LogP contribution in [0.15, 0.2) is 70.6 Å². The molecule has 2 aromatic carbocycles. The number of benzene rings is 2. The van der Waals surface area contributed by atoms with E-state index in [0.29, 0.717) is 37.0 Å². The lowest BCUT2D eigenvalue weighted by Crippen LogP contribution is -2.38. The van der Waals surface area contributed by atoms with E-state index in [1.54, 1.807) is 24.3 Å². The number of ether oxygens (including phenoxy) is 1. The van der Waals surface area contributed by atoms with Crippen LogP contribution in [0.25, 0.3) is 0 Å². The van der Waals surface area contributed by atoms with Gasteiger partial charge in [0.1, 0.15) is 5.75 Å². The van der Waals surface area contributed by atoms with Gasteiger partial charge in [-0.05, 0) is 37.6 Å². The molecule has 6 nitrogen and oxygen atoms in total. The van der Waals surface area contributed by atoms with Crippen LogP contribution >= 0.6 is 0 Å². The highest BCUT2D eigenvalue weighted by molar-refractivity contribution is 7.91. The molecular weight excluding hydrogens is 374 g/mol. The number of hydrogen-bond donors (Lipinski definition) is 2. The third-order valence-electron chi connectivity index (χ3n) is 3.91. The van der Waals surface area contributed by atoms with E-state index in [0.717, 1.165) is 18.7 Å². The molecule has 0 spiro atoms. The van der Waals surface area contributed by atoms with Gasteiger partial charge in [-0.3, -0.25) is 4.99 Å². The molecule has 0 aliphatic carbocycles. The van der Waals surface area contributed by atoms with Crippen LogP contribution in [0.5, 0.6) is 5.75 Å². The van der Waals surface area contributed by atoms with Gasteiger partial charge < -0.3 is 15.4 Å². The van der Waals surface area contributed by atoms with E-state index in [9.17, 15) is 8.42 Å². The molecule has 0 aliphatic rings. The molecule has 0 atom stereocenters. The lowest BCUT2D eigenvalue weighted by atomic mass is 10.3. The molecule has 28 heavy (non-hydrogen) atoms. The van der Waals surface area contributed by atoms with Crippen molar-refractivity contribution in [2.24, 2.45) is 4.99 Å². The first-order chi connectivity index (χ1) is 13.6. The first-order valence-corrected chi connectivity index (χ1v) is 11.2. The van der Waals surface area contributed by atoms with Gasteiger partial charge in [-0.1, -0.05) is 36.4 Å². The fourth-order valence-electron chi connectivity index (χ4n) is 2.52. The molecule has 0 aliphatic heterocycles. The van der Waals surface area contributed by atoms with E-state index in [4.69, 9.17) is 4.74 Å². The third kappa shape index (κ3) is 8.00. The number of nitrogens with zero attached hydrogens (tertiary/aromatic N) is 1.